The van der Waals surface area contributed by atoms with Crippen LogP contribution < -0.4 is 0 Å². The molecule has 0 heterocycles. The summed E-state index contributed by atoms with van der Waals surface area (Å²) in [4.78, 5) is 0. The number of nitrogens with zero attached hydrogens (tertiary/aromatic N) is 1. The second-order valence-electron chi connectivity index (χ2n) is 1.59. The van der Waals surface area contributed by atoms with Crippen LogP contribution in [-0.2, 0) is 0 Å². The highest BCUT2D eigenvalue weighted by Crippen LogP contribution is 2.13. The Kier molecular flexibility index (Phi) is 1.31. The molecule has 0 radical (unpaired) electrons. The quantitative estimate of drug-likeness (QED) is 0.474. The molecule has 0 aromatic heterocycles. The van der Waals surface area contributed by atoms with Gasteiger partial charge in [-0.1, -0.05) is 6.08 Å². The maximum absolute atomic E-state index is 8.37. The van der Waals surface area contributed by atoms with Crippen molar-refractivity contribution in [2.45, 2.75) is 0 Å². The molecule has 9 heavy (non-hydrogen) atoms. The number of nitriles is 1. The lowest BCUT2D eigenvalue weighted by Crippen LogP contribution is -1.76. The SMILES string of the molecule is N#CC1=CC=CC1=C=N. The predicted molar refractivity (Wildman–Crippen MR) is 34.1 cm³/mol. The van der Waals surface area contributed by atoms with Gasteiger partial charge in [0.05, 0.1) is 11.1 Å². The van der Waals surface area contributed by atoms with Crippen LogP contribution in [-0.4, -0.2) is 5.87 Å². The fourth-order valence-corrected chi connectivity index (χ4v) is 0.627. The zero-order valence-corrected chi connectivity index (χ0v) is 4.68. The van der Waals surface area contributed by atoms with Crippen LogP contribution in [0.2, 0.25) is 0 Å². The van der Waals surface area contributed by atoms with E-state index >= 15 is 0 Å². The lowest BCUT2D eigenvalue weighted by molar-refractivity contribution is 1.48. The van der Waals surface area contributed by atoms with Gasteiger partial charge < -0.3 is 0 Å². The van der Waals surface area contributed by atoms with Crippen LogP contribution in [0.5, 0.6) is 0 Å². The molecule has 0 amide bonds. The summed E-state index contributed by atoms with van der Waals surface area (Å²) in [6.45, 7) is 0. The first-order valence-electron chi connectivity index (χ1n) is 2.47. The highest BCUT2D eigenvalue weighted by atomic mass is 14.3. The Morgan fingerprint density at radius 2 is 2.33 bits per heavy atom. The molecule has 0 aromatic carbocycles. The highest BCUT2D eigenvalue weighted by Gasteiger charge is 2.02. The fourth-order valence-electron chi connectivity index (χ4n) is 0.627. The van der Waals surface area contributed by atoms with Gasteiger partial charge in [0.15, 0.2) is 0 Å². The zero-order chi connectivity index (χ0) is 6.69. The van der Waals surface area contributed by atoms with Crippen LogP contribution in [0.15, 0.2) is 29.4 Å². The molecule has 0 bridgehead atoms. The average Bonchev–Trinajstić information content (AvgIpc) is 2.33. The van der Waals surface area contributed by atoms with E-state index in [-0.39, 0.29) is 0 Å². The van der Waals surface area contributed by atoms with Crippen molar-refractivity contribution in [3.05, 3.63) is 29.4 Å². The summed E-state index contributed by atoms with van der Waals surface area (Å²) < 4.78 is 0. The number of hydrogen-bond donors (Lipinski definition) is 1. The third-order valence-electron chi connectivity index (χ3n) is 1.07. The van der Waals surface area contributed by atoms with Gasteiger partial charge in [0.2, 0.25) is 0 Å². The van der Waals surface area contributed by atoms with E-state index in [4.69, 9.17) is 10.7 Å². The van der Waals surface area contributed by atoms with Gasteiger partial charge in [-0.3, -0.25) is 5.41 Å². The summed E-state index contributed by atoms with van der Waals surface area (Å²) in [5, 5.41) is 15.1. The Balaban J connectivity index is 3.09. The van der Waals surface area contributed by atoms with E-state index < -0.39 is 0 Å². The van der Waals surface area contributed by atoms with Gasteiger partial charge in [0.1, 0.15) is 6.07 Å². The summed E-state index contributed by atoms with van der Waals surface area (Å²) in [5.41, 5.74) is 1.09. The number of nitrogens with one attached hydrogen (secondary N) is 1. The Morgan fingerprint density at radius 3 is 2.78 bits per heavy atom. The summed E-state index contributed by atoms with van der Waals surface area (Å²) in [6.07, 6.45) is 5.08. The standard InChI is InChI=1S/C7H4N2/c8-4-6-2-1-3-7(6)5-9/h1-3,8H. The molecule has 2 heteroatoms. The summed E-state index contributed by atoms with van der Waals surface area (Å²) in [7, 11) is 0. The van der Waals surface area contributed by atoms with Crippen molar-refractivity contribution >= 4 is 5.87 Å². The van der Waals surface area contributed by atoms with Crippen molar-refractivity contribution in [3.8, 4) is 6.07 Å². The molecule has 1 rings (SSSR count). The van der Waals surface area contributed by atoms with E-state index in [1.165, 1.54) is 0 Å². The van der Waals surface area contributed by atoms with Crippen molar-refractivity contribution in [1.29, 1.82) is 10.7 Å². The number of allylic oxidation sites excluding steroid dienone is 5. The van der Waals surface area contributed by atoms with Crippen LogP contribution in [0, 0.1) is 16.7 Å². The first-order chi connectivity index (χ1) is 4.38. The minimum absolute atomic E-state index is 0.519. The minimum Gasteiger partial charge on any atom is -0.258 e. The predicted octanol–water partition coefficient (Wildman–Crippen LogP) is 1.18. The highest BCUT2D eigenvalue weighted by molar-refractivity contribution is 5.73. The van der Waals surface area contributed by atoms with Gasteiger partial charge in [0, 0.05) is 0 Å². The molecule has 42 valence electrons. The molecule has 0 spiro atoms. The molecule has 0 atom stereocenters. The molecule has 0 saturated carbocycles. The van der Waals surface area contributed by atoms with Gasteiger partial charge in [-0.2, -0.15) is 5.26 Å². The lowest BCUT2D eigenvalue weighted by Gasteiger charge is -1.82. The molecule has 0 unspecified atom stereocenters. The monoisotopic (exact) mass is 116 g/mol. The Bertz CT molecular complexity index is 270. The van der Waals surface area contributed by atoms with Gasteiger partial charge in [-0.15, -0.1) is 0 Å². The lowest BCUT2D eigenvalue weighted by atomic mass is 10.2. The molecular weight excluding hydrogens is 112 g/mol. The third-order valence-corrected chi connectivity index (χ3v) is 1.07. The normalized spacial score (nSPS) is 14.6. The van der Waals surface area contributed by atoms with Crippen LogP contribution in [0.25, 0.3) is 0 Å². The van der Waals surface area contributed by atoms with Crippen LogP contribution in [0.1, 0.15) is 0 Å². The number of hydrogen-bond acceptors (Lipinski definition) is 2. The topological polar surface area (TPSA) is 47.6 Å². The van der Waals surface area contributed by atoms with Crippen molar-refractivity contribution in [2.75, 3.05) is 0 Å². The van der Waals surface area contributed by atoms with E-state index in [0.29, 0.717) is 11.1 Å². The first kappa shape index (κ1) is 5.55. The van der Waals surface area contributed by atoms with Crippen molar-refractivity contribution in [2.24, 2.45) is 0 Å². The molecule has 0 saturated heterocycles. The largest absolute Gasteiger partial charge is 0.258 e. The van der Waals surface area contributed by atoms with E-state index in [1.54, 1.807) is 18.2 Å². The number of rotatable bonds is 0. The fraction of sp³-hybridized carbons (Fsp3) is 0. The molecule has 1 aliphatic carbocycles. The van der Waals surface area contributed by atoms with Gasteiger partial charge >= 0.3 is 0 Å². The van der Waals surface area contributed by atoms with Crippen molar-refractivity contribution in [1.82, 2.24) is 0 Å². The molecule has 1 N–H and O–H groups in total. The average molecular weight is 116 g/mol. The van der Waals surface area contributed by atoms with Crippen LogP contribution >= 0.6 is 0 Å². The second-order valence-corrected chi connectivity index (χ2v) is 1.59. The first-order valence-corrected chi connectivity index (χ1v) is 2.47. The molecule has 2 nitrogen and oxygen atoms in total. The smallest absolute Gasteiger partial charge is 0.100 e. The van der Waals surface area contributed by atoms with Crippen molar-refractivity contribution in [3.63, 3.8) is 0 Å². The minimum atomic E-state index is 0.519. The van der Waals surface area contributed by atoms with E-state index in [9.17, 15) is 0 Å². The molecular formula is C7H4N2. The zero-order valence-electron chi connectivity index (χ0n) is 4.68. The second kappa shape index (κ2) is 2.13. The maximum Gasteiger partial charge on any atom is 0.100 e. The Labute approximate surface area is 52.9 Å². The van der Waals surface area contributed by atoms with E-state index in [1.807, 2.05) is 6.07 Å². The van der Waals surface area contributed by atoms with Gasteiger partial charge in [-0.05, 0) is 18.0 Å². The Hall–Kier alpha value is -1.58. The van der Waals surface area contributed by atoms with E-state index in [0.717, 1.165) is 0 Å². The summed E-state index contributed by atoms with van der Waals surface area (Å²) in [5.74, 6) is 2.15. The maximum atomic E-state index is 8.37. The van der Waals surface area contributed by atoms with Crippen LogP contribution in [0.3, 0.4) is 0 Å². The van der Waals surface area contributed by atoms with Crippen LogP contribution in [0.4, 0.5) is 0 Å². The van der Waals surface area contributed by atoms with Gasteiger partial charge in [0.25, 0.3) is 0 Å². The van der Waals surface area contributed by atoms with Crippen molar-refractivity contribution < 1.29 is 0 Å². The Morgan fingerprint density at radius 1 is 1.56 bits per heavy atom. The van der Waals surface area contributed by atoms with E-state index in [2.05, 4.69) is 5.87 Å². The molecule has 1 aliphatic rings. The summed E-state index contributed by atoms with van der Waals surface area (Å²) in [6, 6.07) is 1.94. The third kappa shape index (κ3) is 0.813. The molecule has 0 aliphatic heterocycles. The van der Waals surface area contributed by atoms with Gasteiger partial charge in [-0.25, -0.2) is 0 Å². The molecule has 0 fully saturated rings. The molecule has 0 aromatic rings. The summed E-state index contributed by atoms with van der Waals surface area (Å²) >= 11 is 0.